The average Bonchev–Trinajstić information content (AvgIpc) is 3.53. The van der Waals surface area contributed by atoms with Crippen LogP contribution in [0, 0.1) is 5.82 Å². The molecule has 0 radical (unpaired) electrons. The van der Waals surface area contributed by atoms with Gasteiger partial charge in [-0.1, -0.05) is 26.7 Å². The summed E-state index contributed by atoms with van der Waals surface area (Å²) in [5.41, 5.74) is 1.64. The summed E-state index contributed by atoms with van der Waals surface area (Å²) in [4.78, 5) is 43.0. The fourth-order valence-corrected chi connectivity index (χ4v) is 5.46. The molecule has 0 atom stereocenters. The number of amides is 2. The van der Waals surface area contributed by atoms with E-state index >= 15 is 0 Å². The third-order valence-corrected chi connectivity index (χ3v) is 7.23. The van der Waals surface area contributed by atoms with Gasteiger partial charge in [0.15, 0.2) is 5.76 Å². The van der Waals surface area contributed by atoms with Crippen LogP contribution in [0.4, 0.5) is 14.0 Å². The third-order valence-electron chi connectivity index (χ3n) is 7.23. The number of fused-ring (bicyclic) bond motifs is 3. The minimum absolute atomic E-state index is 0.0899. The lowest BCUT2D eigenvalue weighted by molar-refractivity contribution is 0.0788. The molecule has 1 fully saturated rings. The highest BCUT2D eigenvalue weighted by Gasteiger charge is 2.37. The summed E-state index contributed by atoms with van der Waals surface area (Å²) >= 11 is 0. The van der Waals surface area contributed by atoms with Gasteiger partial charge in [-0.2, -0.15) is 0 Å². The lowest BCUT2D eigenvalue weighted by Crippen LogP contribution is -2.36. The molecule has 1 saturated carbocycles. The molecular weight excluding hydrogens is 517 g/mol. The van der Waals surface area contributed by atoms with Gasteiger partial charge in [0.2, 0.25) is 0 Å². The van der Waals surface area contributed by atoms with Gasteiger partial charge in [0.25, 0.3) is 5.91 Å². The van der Waals surface area contributed by atoms with Crippen LogP contribution in [0.3, 0.4) is 0 Å². The molecule has 1 aliphatic heterocycles. The zero-order valence-electron chi connectivity index (χ0n) is 22.7. The molecule has 10 heteroatoms. The van der Waals surface area contributed by atoms with Crippen molar-refractivity contribution in [3.8, 4) is 5.75 Å². The number of rotatable bonds is 5. The number of halogens is 1. The number of aromatic nitrogens is 1. The van der Waals surface area contributed by atoms with E-state index in [0.29, 0.717) is 17.0 Å². The number of carbonyl (C=O) groups excluding carboxylic acids is 3. The van der Waals surface area contributed by atoms with Crippen molar-refractivity contribution in [2.45, 2.75) is 57.9 Å². The summed E-state index contributed by atoms with van der Waals surface area (Å²) in [6.07, 6.45) is 4.12. The van der Waals surface area contributed by atoms with Gasteiger partial charge in [-0.25, -0.2) is 14.0 Å². The fraction of sp³-hybridized carbons (Fsp3) is 0.367. The number of hydrogen-bond acceptors (Lipinski definition) is 6. The smallest absolute Gasteiger partial charge is 0.434 e. The molecule has 1 aliphatic carbocycles. The first-order chi connectivity index (χ1) is 19.1. The second kappa shape index (κ2) is 11.0. The predicted molar refractivity (Wildman–Crippen MR) is 146 cm³/mol. The topological polar surface area (TPSA) is 110 Å². The number of aromatic amines is 1. The summed E-state index contributed by atoms with van der Waals surface area (Å²) in [6, 6.07) is 10.7. The molecule has 2 amide bonds. The molecule has 0 spiro atoms. The van der Waals surface area contributed by atoms with Crippen LogP contribution in [-0.2, 0) is 14.9 Å². The van der Waals surface area contributed by atoms with E-state index in [1.165, 1.54) is 35.4 Å². The first-order valence-electron chi connectivity index (χ1n) is 13.4. The predicted octanol–water partition coefficient (Wildman–Crippen LogP) is 6.24. The van der Waals surface area contributed by atoms with Crippen molar-refractivity contribution < 1.29 is 33.0 Å². The Bertz CT molecular complexity index is 1470. The first-order valence-corrected chi connectivity index (χ1v) is 13.4. The molecule has 0 bridgehead atoms. The van der Waals surface area contributed by atoms with Gasteiger partial charge in [-0.3, -0.25) is 4.79 Å². The highest BCUT2D eigenvalue weighted by atomic mass is 19.1. The molecule has 2 N–H and O–H groups in total. The van der Waals surface area contributed by atoms with Crippen LogP contribution < -0.4 is 10.1 Å². The fourth-order valence-electron chi connectivity index (χ4n) is 5.46. The molecule has 3 aromatic rings. The number of ether oxygens (including phenoxy) is 3. The summed E-state index contributed by atoms with van der Waals surface area (Å²) < 4.78 is 29.6. The Hall–Kier alpha value is -4.34. The van der Waals surface area contributed by atoms with Crippen molar-refractivity contribution in [3.05, 3.63) is 71.3 Å². The van der Waals surface area contributed by atoms with Crippen LogP contribution in [0.2, 0.25) is 0 Å². The van der Waals surface area contributed by atoms with Gasteiger partial charge in [0.1, 0.15) is 11.6 Å². The molecule has 2 aliphatic rings. The van der Waals surface area contributed by atoms with Gasteiger partial charge in [-0.05, 0) is 61.7 Å². The van der Waals surface area contributed by atoms with Crippen LogP contribution in [-0.4, -0.2) is 47.2 Å². The molecular formula is C30H32FN3O6. The SMILES string of the molecule is CCOC(=O)OC1=CN(C(=O)c2ccc(F)cc2)CC(C)(C)c2c1[nH]c1cc(OC(=O)NC3CCCC3)ccc21. The second-order valence-electron chi connectivity index (χ2n) is 10.7. The van der Waals surface area contributed by atoms with E-state index in [4.69, 9.17) is 14.2 Å². The molecule has 2 heterocycles. The van der Waals surface area contributed by atoms with E-state index in [9.17, 15) is 18.8 Å². The van der Waals surface area contributed by atoms with E-state index in [1.807, 2.05) is 19.9 Å². The molecule has 5 rings (SSSR count). The number of benzene rings is 2. The molecule has 40 heavy (non-hydrogen) atoms. The van der Waals surface area contributed by atoms with E-state index < -0.39 is 23.5 Å². The minimum Gasteiger partial charge on any atom is -0.434 e. The Morgan fingerprint density at radius 2 is 1.80 bits per heavy atom. The highest BCUT2D eigenvalue weighted by Crippen LogP contribution is 2.41. The number of nitrogens with one attached hydrogen (secondary N) is 2. The maximum absolute atomic E-state index is 13.5. The molecule has 0 unspecified atom stereocenters. The molecule has 9 nitrogen and oxygen atoms in total. The monoisotopic (exact) mass is 549 g/mol. The van der Waals surface area contributed by atoms with E-state index in [-0.39, 0.29) is 36.4 Å². The summed E-state index contributed by atoms with van der Waals surface area (Å²) in [5, 5.41) is 3.73. The van der Waals surface area contributed by atoms with Crippen molar-refractivity contribution in [1.82, 2.24) is 15.2 Å². The lowest BCUT2D eigenvalue weighted by atomic mass is 9.82. The number of hydrogen-bond donors (Lipinski definition) is 2. The maximum atomic E-state index is 13.5. The minimum atomic E-state index is -0.917. The van der Waals surface area contributed by atoms with E-state index in [1.54, 1.807) is 19.1 Å². The van der Waals surface area contributed by atoms with Crippen LogP contribution in [0.5, 0.6) is 5.75 Å². The Morgan fingerprint density at radius 3 is 2.50 bits per heavy atom. The zero-order valence-corrected chi connectivity index (χ0v) is 22.7. The molecule has 0 saturated heterocycles. The summed E-state index contributed by atoms with van der Waals surface area (Å²) in [5.74, 6) is -0.374. The standard InChI is InChI=1S/C30H32FN3O6/c1-4-38-29(37)40-24-16-34(27(35)18-9-11-19(31)12-10-18)17-30(2,3)25-22-14-13-21(15-23(22)33-26(24)25)39-28(36)32-20-7-5-6-8-20/h9-16,20,33H,4-8,17H2,1-3H3,(H,32,36). The van der Waals surface area contributed by atoms with Crippen molar-refractivity contribution >= 4 is 34.8 Å². The van der Waals surface area contributed by atoms with Crippen LogP contribution >= 0.6 is 0 Å². The molecule has 1 aromatic heterocycles. The Labute approximate surface area is 231 Å². The largest absolute Gasteiger partial charge is 0.513 e. The van der Waals surface area contributed by atoms with Crippen molar-refractivity contribution in [2.24, 2.45) is 0 Å². The molecule has 2 aromatic carbocycles. The van der Waals surface area contributed by atoms with Crippen molar-refractivity contribution in [1.29, 1.82) is 0 Å². The van der Waals surface area contributed by atoms with Crippen molar-refractivity contribution in [2.75, 3.05) is 13.2 Å². The van der Waals surface area contributed by atoms with Crippen LogP contribution in [0.1, 0.15) is 68.1 Å². The van der Waals surface area contributed by atoms with Gasteiger partial charge in [0, 0.05) is 40.5 Å². The Balaban J connectivity index is 1.51. The quantitative estimate of drug-likeness (QED) is 0.365. The summed E-state index contributed by atoms with van der Waals surface area (Å²) in [6.45, 7) is 5.96. The van der Waals surface area contributed by atoms with Gasteiger partial charge >= 0.3 is 12.2 Å². The zero-order chi connectivity index (χ0) is 28.4. The van der Waals surface area contributed by atoms with E-state index in [0.717, 1.165) is 36.6 Å². The average molecular weight is 550 g/mol. The Kier molecular flexibility index (Phi) is 7.51. The lowest BCUT2D eigenvalue weighted by Gasteiger charge is -2.29. The Morgan fingerprint density at radius 1 is 1.07 bits per heavy atom. The van der Waals surface area contributed by atoms with Crippen LogP contribution in [0.15, 0.2) is 48.7 Å². The molecule has 210 valence electrons. The summed E-state index contributed by atoms with van der Waals surface area (Å²) in [7, 11) is 0. The number of H-pyrrole nitrogens is 1. The first kappa shape index (κ1) is 27.2. The third kappa shape index (κ3) is 5.66. The van der Waals surface area contributed by atoms with Gasteiger partial charge in [0.05, 0.1) is 18.5 Å². The second-order valence-corrected chi connectivity index (χ2v) is 10.7. The highest BCUT2D eigenvalue weighted by molar-refractivity contribution is 5.97. The number of nitrogens with zero attached hydrogens (tertiary/aromatic N) is 1. The van der Waals surface area contributed by atoms with E-state index in [2.05, 4.69) is 10.3 Å². The van der Waals surface area contributed by atoms with Crippen LogP contribution in [0.25, 0.3) is 16.7 Å². The van der Waals surface area contributed by atoms with Crippen molar-refractivity contribution in [3.63, 3.8) is 0 Å². The maximum Gasteiger partial charge on any atom is 0.513 e. The normalized spacial score (nSPS) is 16.6. The van der Waals surface area contributed by atoms with Gasteiger partial charge < -0.3 is 29.4 Å². The number of carbonyl (C=O) groups is 3. The van der Waals surface area contributed by atoms with Gasteiger partial charge in [-0.15, -0.1) is 0 Å².